The fraction of sp³-hybridized carbons (Fsp3) is 0.364. The maximum Gasteiger partial charge on any atom is 0.326 e. The molecule has 0 atom stereocenters. The van der Waals surface area contributed by atoms with Crippen molar-refractivity contribution in [1.82, 2.24) is 14.8 Å². The van der Waals surface area contributed by atoms with E-state index in [0.29, 0.717) is 5.56 Å². The molecule has 1 fully saturated rings. The summed E-state index contributed by atoms with van der Waals surface area (Å²) in [5.74, 6) is -1.69. The molecule has 1 aromatic carbocycles. The number of aromatic nitrogens is 1. The van der Waals surface area contributed by atoms with Crippen molar-refractivity contribution in [2.45, 2.75) is 40.2 Å². The van der Waals surface area contributed by atoms with E-state index in [1.807, 2.05) is 49.6 Å². The second kappa shape index (κ2) is 7.78. The molecule has 0 bridgehead atoms. The number of esters is 1. The van der Waals surface area contributed by atoms with Crippen LogP contribution < -0.4 is 5.32 Å². The Morgan fingerprint density at radius 3 is 2.27 bits per heavy atom. The molecular formula is C22H25N3O5. The highest BCUT2D eigenvalue weighted by Gasteiger charge is 2.45. The predicted octanol–water partition coefficient (Wildman–Crippen LogP) is 2.46. The van der Waals surface area contributed by atoms with Gasteiger partial charge in [0.15, 0.2) is 6.61 Å². The van der Waals surface area contributed by atoms with E-state index in [0.717, 1.165) is 27.5 Å². The molecule has 2 heterocycles. The molecule has 1 aliphatic rings. The van der Waals surface area contributed by atoms with Gasteiger partial charge in [0.05, 0.1) is 0 Å². The zero-order chi connectivity index (χ0) is 22.2. The molecule has 1 N–H and O–H groups in total. The Morgan fingerprint density at radius 1 is 1.07 bits per heavy atom. The van der Waals surface area contributed by atoms with Crippen molar-refractivity contribution < 1.29 is 23.9 Å². The van der Waals surface area contributed by atoms with Crippen LogP contribution in [0.5, 0.6) is 0 Å². The third-order valence-electron chi connectivity index (χ3n) is 5.12. The molecule has 30 heavy (non-hydrogen) atoms. The summed E-state index contributed by atoms with van der Waals surface area (Å²) in [6.07, 6.45) is 0. The first kappa shape index (κ1) is 21.3. The molecule has 1 aromatic heterocycles. The van der Waals surface area contributed by atoms with Gasteiger partial charge in [-0.15, -0.1) is 0 Å². The largest absolute Gasteiger partial charge is 0.456 e. The molecule has 0 unspecified atom stereocenters. The zero-order valence-electron chi connectivity index (χ0n) is 17.7. The number of benzene rings is 1. The molecule has 3 rings (SSSR count). The number of amides is 3. The molecule has 1 aliphatic heterocycles. The monoisotopic (exact) mass is 411 g/mol. The second-order valence-electron chi connectivity index (χ2n) is 7.99. The fourth-order valence-electron chi connectivity index (χ4n) is 3.50. The topological polar surface area (TPSA) is 97.7 Å². The summed E-state index contributed by atoms with van der Waals surface area (Å²) >= 11 is 0. The van der Waals surface area contributed by atoms with Crippen molar-refractivity contribution in [3.05, 3.63) is 52.8 Å². The van der Waals surface area contributed by atoms with Gasteiger partial charge in [-0.2, -0.15) is 0 Å². The lowest BCUT2D eigenvalue weighted by Crippen LogP contribution is -2.41. The number of hydrogen-bond acceptors (Lipinski definition) is 5. The Balaban J connectivity index is 1.66. The Kier molecular flexibility index (Phi) is 5.52. The average Bonchev–Trinajstić information content (AvgIpc) is 3.07. The SMILES string of the molecule is Cc1ccc(-n2c(C)cc(C(=O)COC(=O)CN3C(=O)NC(C)(C)C3=O)c2C)cc1. The summed E-state index contributed by atoms with van der Waals surface area (Å²) < 4.78 is 7.00. The van der Waals surface area contributed by atoms with Gasteiger partial charge >= 0.3 is 12.0 Å². The molecule has 0 aliphatic carbocycles. The van der Waals surface area contributed by atoms with E-state index in [1.165, 1.54) is 0 Å². The van der Waals surface area contributed by atoms with E-state index in [9.17, 15) is 19.2 Å². The van der Waals surface area contributed by atoms with Crippen LogP contribution in [0.4, 0.5) is 4.79 Å². The summed E-state index contributed by atoms with van der Waals surface area (Å²) in [4.78, 5) is 49.5. The molecule has 0 radical (unpaired) electrons. The maximum atomic E-state index is 12.6. The molecule has 3 amide bonds. The van der Waals surface area contributed by atoms with Crippen LogP contribution in [0, 0.1) is 20.8 Å². The number of nitrogens with one attached hydrogen (secondary N) is 1. The van der Waals surface area contributed by atoms with Crippen LogP contribution in [-0.4, -0.2) is 51.8 Å². The van der Waals surface area contributed by atoms with Gasteiger partial charge in [0.1, 0.15) is 12.1 Å². The van der Waals surface area contributed by atoms with Crippen LogP contribution in [0.1, 0.15) is 41.2 Å². The van der Waals surface area contributed by atoms with Crippen molar-refractivity contribution in [1.29, 1.82) is 0 Å². The standard InChI is InChI=1S/C22H25N3O5/c1-13-6-8-16(9-7-13)25-14(2)10-17(15(25)3)18(26)12-30-19(27)11-24-20(28)22(4,5)23-21(24)29/h6-10H,11-12H2,1-5H3,(H,23,29). The van der Waals surface area contributed by atoms with Gasteiger partial charge < -0.3 is 14.6 Å². The van der Waals surface area contributed by atoms with E-state index in [4.69, 9.17) is 4.74 Å². The maximum absolute atomic E-state index is 12.6. The number of urea groups is 1. The lowest BCUT2D eigenvalue weighted by Gasteiger charge is -2.15. The summed E-state index contributed by atoms with van der Waals surface area (Å²) in [6.45, 7) is 7.82. The predicted molar refractivity (Wildman–Crippen MR) is 110 cm³/mol. The van der Waals surface area contributed by atoms with Crippen molar-refractivity contribution in [2.24, 2.45) is 0 Å². The number of Topliss-reactive ketones (excluding diaryl/α,β-unsaturated/α-hetero) is 1. The minimum atomic E-state index is -1.07. The molecule has 8 nitrogen and oxygen atoms in total. The van der Waals surface area contributed by atoms with Crippen LogP contribution in [0.25, 0.3) is 5.69 Å². The van der Waals surface area contributed by atoms with Gasteiger partial charge in [-0.1, -0.05) is 17.7 Å². The fourth-order valence-corrected chi connectivity index (χ4v) is 3.50. The lowest BCUT2D eigenvalue weighted by molar-refractivity contribution is -0.146. The third-order valence-corrected chi connectivity index (χ3v) is 5.12. The van der Waals surface area contributed by atoms with Gasteiger partial charge in [0.2, 0.25) is 5.78 Å². The third kappa shape index (κ3) is 3.98. The Bertz CT molecular complexity index is 1030. The van der Waals surface area contributed by atoms with Crippen LogP contribution in [-0.2, 0) is 14.3 Å². The molecule has 2 aromatic rings. The minimum Gasteiger partial charge on any atom is -0.456 e. The van der Waals surface area contributed by atoms with Gasteiger partial charge in [-0.3, -0.25) is 19.3 Å². The van der Waals surface area contributed by atoms with E-state index >= 15 is 0 Å². The number of hydrogen-bond donors (Lipinski definition) is 1. The van der Waals surface area contributed by atoms with E-state index in [-0.39, 0.29) is 5.78 Å². The first-order valence-electron chi connectivity index (χ1n) is 9.60. The number of carbonyl (C=O) groups excluding carboxylic acids is 4. The van der Waals surface area contributed by atoms with Gasteiger partial charge in [0.25, 0.3) is 5.91 Å². The molecule has 0 saturated carbocycles. The second-order valence-corrected chi connectivity index (χ2v) is 7.99. The Labute approximate surface area is 174 Å². The number of nitrogens with zero attached hydrogens (tertiary/aromatic N) is 2. The number of ketones is 1. The lowest BCUT2D eigenvalue weighted by atomic mass is 10.1. The van der Waals surface area contributed by atoms with E-state index in [2.05, 4.69) is 5.32 Å². The van der Waals surface area contributed by atoms with Crippen molar-refractivity contribution in [2.75, 3.05) is 13.2 Å². The number of ether oxygens (including phenoxy) is 1. The summed E-state index contributed by atoms with van der Waals surface area (Å²) in [5.41, 5.74) is 3.09. The number of imide groups is 1. The van der Waals surface area contributed by atoms with Crippen LogP contribution >= 0.6 is 0 Å². The molecule has 0 spiro atoms. The molecule has 8 heteroatoms. The first-order valence-corrected chi connectivity index (χ1v) is 9.60. The average molecular weight is 411 g/mol. The molecule has 1 saturated heterocycles. The van der Waals surface area contributed by atoms with Gasteiger partial charge in [0, 0.05) is 22.6 Å². The zero-order valence-corrected chi connectivity index (χ0v) is 17.7. The highest BCUT2D eigenvalue weighted by atomic mass is 16.5. The van der Waals surface area contributed by atoms with Crippen molar-refractivity contribution in [3.8, 4) is 5.69 Å². The highest BCUT2D eigenvalue weighted by Crippen LogP contribution is 2.22. The van der Waals surface area contributed by atoms with Gasteiger partial charge in [-0.05, 0) is 52.8 Å². The number of rotatable bonds is 6. The van der Waals surface area contributed by atoms with Gasteiger partial charge in [-0.25, -0.2) is 4.79 Å². The molecular weight excluding hydrogens is 386 g/mol. The summed E-state index contributed by atoms with van der Waals surface area (Å²) in [5, 5.41) is 2.48. The highest BCUT2D eigenvalue weighted by molar-refractivity contribution is 6.08. The van der Waals surface area contributed by atoms with E-state index < -0.39 is 36.6 Å². The smallest absolute Gasteiger partial charge is 0.326 e. The minimum absolute atomic E-state index is 0.354. The number of carbonyl (C=O) groups is 4. The van der Waals surface area contributed by atoms with Crippen LogP contribution in [0.15, 0.2) is 30.3 Å². The van der Waals surface area contributed by atoms with Crippen molar-refractivity contribution in [3.63, 3.8) is 0 Å². The Morgan fingerprint density at radius 2 is 1.70 bits per heavy atom. The summed E-state index contributed by atoms with van der Waals surface area (Å²) in [6, 6.07) is 9.04. The summed E-state index contributed by atoms with van der Waals surface area (Å²) in [7, 11) is 0. The van der Waals surface area contributed by atoms with Crippen LogP contribution in [0.2, 0.25) is 0 Å². The molecule has 158 valence electrons. The Hall–Kier alpha value is -3.42. The first-order chi connectivity index (χ1) is 14.0. The number of aryl methyl sites for hydroxylation is 2. The van der Waals surface area contributed by atoms with Crippen LogP contribution in [0.3, 0.4) is 0 Å². The van der Waals surface area contributed by atoms with Crippen molar-refractivity contribution >= 4 is 23.7 Å². The van der Waals surface area contributed by atoms with E-state index in [1.54, 1.807) is 19.9 Å². The normalized spacial score (nSPS) is 15.3. The quantitative estimate of drug-likeness (QED) is 0.447.